The Kier molecular flexibility index (Phi) is 13.5. The lowest BCUT2D eigenvalue weighted by Crippen LogP contribution is -2.39. The van der Waals surface area contributed by atoms with Gasteiger partial charge in [-0.15, -0.1) is 24.8 Å². The largest absolute Gasteiger partial charge is 0.383 e. The third kappa shape index (κ3) is 7.96. The highest BCUT2D eigenvalue weighted by molar-refractivity contribution is 5.94. The van der Waals surface area contributed by atoms with Crippen LogP contribution in [0.5, 0.6) is 0 Å². The fourth-order valence-electron chi connectivity index (χ4n) is 1.94. The fraction of sp³-hybridized carbons (Fsp3) is 0.533. The number of amides is 1. The van der Waals surface area contributed by atoms with Crippen LogP contribution < -0.4 is 11.1 Å². The molecule has 0 aliphatic rings. The molecule has 3 N–H and O–H groups in total. The summed E-state index contributed by atoms with van der Waals surface area (Å²) in [5.41, 5.74) is 7.63. The number of carbonyl (C=O) groups excluding carboxylic acids is 1. The first-order chi connectivity index (χ1) is 9.60. The molecule has 7 heteroatoms. The van der Waals surface area contributed by atoms with Crippen molar-refractivity contribution >= 4 is 36.4 Å². The SMILES string of the molecule is CCN(CC)Cc1cccc(NC(=O)C(N)COC)c1.Cl.Cl. The van der Waals surface area contributed by atoms with Gasteiger partial charge in [0.05, 0.1) is 6.61 Å². The predicted octanol–water partition coefficient (Wildman–Crippen LogP) is 2.28. The summed E-state index contributed by atoms with van der Waals surface area (Å²) in [6.07, 6.45) is 0. The molecule has 1 atom stereocenters. The molecule has 0 spiro atoms. The Labute approximate surface area is 145 Å². The normalized spacial score (nSPS) is 11.3. The van der Waals surface area contributed by atoms with Gasteiger partial charge in [-0.25, -0.2) is 0 Å². The van der Waals surface area contributed by atoms with E-state index in [0.717, 1.165) is 25.3 Å². The summed E-state index contributed by atoms with van der Waals surface area (Å²) in [6.45, 7) is 7.38. The Morgan fingerprint density at radius 3 is 2.50 bits per heavy atom. The highest BCUT2D eigenvalue weighted by Crippen LogP contribution is 2.13. The van der Waals surface area contributed by atoms with Crippen molar-refractivity contribution in [1.29, 1.82) is 0 Å². The smallest absolute Gasteiger partial charge is 0.243 e. The molecule has 0 heterocycles. The van der Waals surface area contributed by atoms with Crippen LogP contribution in [0.4, 0.5) is 5.69 Å². The zero-order valence-corrected chi connectivity index (χ0v) is 15.0. The minimum Gasteiger partial charge on any atom is -0.383 e. The molecule has 1 rings (SSSR count). The molecule has 1 aromatic rings. The van der Waals surface area contributed by atoms with Crippen LogP contribution in [0.25, 0.3) is 0 Å². The second-order valence-corrected chi connectivity index (χ2v) is 4.71. The lowest BCUT2D eigenvalue weighted by atomic mass is 10.1. The van der Waals surface area contributed by atoms with E-state index in [1.165, 1.54) is 12.7 Å². The molecule has 0 aliphatic heterocycles. The minimum atomic E-state index is -0.647. The van der Waals surface area contributed by atoms with E-state index < -0.39 is 6.04 Å². The summed E-state index contributed by atoms with van der Waals surface area (Å²) >= 11 is 0. The summed E-state index contributed by atoms with van der Waals surface area (Å²) in [7, 11) is 1.53. The Morgan fingerprint density at radius 2 is 1.95 bits per heavy atom. The summed E-state index contributed by atoms with van der Waals surface area (Å²) in [5.74, 6) is -0.230. The highest BCUT2D eigenvalue weighted by atomic mass is 35.5. The van der Waals surface area contributed by atoms with E-state index in [0.29, 0.717) is 0 Å². The van der Waals surface area contributed by atoms with Crippen LogP contribution >= 0.6 is 24.8 Å². The van der Waals surface area contributed by atoms with Gasteiger partial charge in [-0.05, 0) is 30.8 Å². The molecule has 22 heavy (non-hydrogen) atoms. The van der Waals surface area contributed by atoms with Crippen molar-refractivity contribution in [1.82, 2.24) is 4.90 Å². The first-order valence-electron chi connectivity index (χ1n) is 6.97. The molecular weight excluding hydrogens is 325 g/mol. The number of anilines is 1. The molecule has 1 unspecified atom stereocenters. The molecule has 0 saturated carbocycles. The number of nitrogens with one attached hydrogen (secondary N) is 1. The van der Waals surface area contributed by atoms with Crippen molar-refractivity contribution < 1.29 is 9.53 Å². The summed E-state index contributed by atoms with van der Waals surface area (Å²) in [5, 5.41) is 2.81. The Bertz CT molecular complexity index is 429. The van der Waals surface area contributed by atoms with Gasteiger partial charge in [-0.2, -0.15) is 0 Å². The van der Waals surface area contributed by atoms with Crippen LogP contribution in [0.15, 0.2) is 24.3 Å². The van der Waals surface area contributed by atoms with E-state index in [1.54, 1.807) is 0 Å². The van der Waals surface area contributed by atoms with Crippen molar-refractivity contribution in [2.75, 3.05) is 32.1 Å². The molecule has 0 aromatic heterocycles. The molecule has 5 nitrogen and oxygen atoms in total. The number of halogens is 2. The number of carbonyl (C=O) groups is 1. The third-order valence-electron chi connectivity index (χ3n) is 3.18. The predicted molar refractivity (Wildman–Crippen MR) is 96.0 cm³/mol. The van der Waals surface area contributed by atoms with Crippen LogP contribution in [-0.2, 0) is 16.1 Å². The average Bonchev–Trinajstić information content (AvgIpc) is 2.45. The van der Waals surface area contributed by atoms with E-state index in [9.17, 15) is 4.79 Å². The van der Waals surface area contributed by atoms with Gasteiger partial charge < -0.3 is 15.8 Å². The van der Waals surface area contributed by atoms with Gasteiger partial charge in [0.15, 0.2) is 0 Å². The van der Waals surface area contributed by atoms with Gasteiger partial charge in [-0.1, -0.05) is 26.0 Å². The molecule has 1 aromatic carbocycles. The third-order valence-corrected chi connectivity index (χ3v) is 3.18. The summed E-state index contributed by atoms with van der Waals surface area (Å²) < 4.78 is 4.88. The van der Waals surface area contributed by atoms with Crippen molar-refractivity contribution in [3.05, 3.63) is 29.8 Å². The van der Waals surface area contributed by atoms with Crippen LogP contribution in [0.2, 0.25) is 0 Å². The van der Waals surface area contributed by atoms with Gasteiger partial charge in [-0.3, -0.25) is 9.69 Å². The Balaban J connectivity index is 0. The van der Waals surface area contributed by atoms with Crippen LogP contribution in [0.1, 0.15) is 19.4 Å². The second-order valence-electron chi connectivity index (χ2n) is 4.71. The van der Waals surface area contributed by atoms with Crippen molar-refractivity contribution in [2.45, 2.75) is 26.4 Å². The molecular formula is C15H27Cl2N3O2. The number of methoxy groups -OCH3 is 1. The molecule has 0 fully saturated rings. The standard InChI is InChI=1S/C15H25N3O2.2ClH/c1-4-18(5-2)10-12-7-6-8-13(9-12)17-15(19)14(16)11-20-3;;/h6-9,14H,4-5,10-11,16H2,1-3H3,(H,17,19);2*1H. The molecule has 0 saturated heterocycles. The van der Waals surface area contributed by atoms with Gasteiger partial charge in [0.25, 0.3) is 0 Å². The van der Waals surface area contributed by atoms with E-state index in [4.69, 9.17) is 10.5 Å². The number of hydrogen-bond acceptors (Lipinski definition) is 4. The second kappa shape index (κ2) is 12.7. The van der Waals surface area contributed by atoms with E-state index in [-0.39, 0.29) is 37.3 Å². The number of nitrogens with two attached hydrogens (primary N) is 1. The minimum absolute atomic E-state index is 0. The van der Waals surface area contributed by atoms with Crippen molar-refractivity contribution in [3.8, 4) is 0 Å². The first kappa shape index (κ1) is 23.4. The zero-order chi connectivity index (χ0) is 15.0. The zero-order valence-electron chi connectivity index (χ0n) is 13.4. The molecule has 1 amide bonds. The van der Waals surface area contributed by atoms with Crippen LogP contribution in [-0.4, -0.2) is 43.7 Å². The van der Waals surface area contributed by atoms with Gasteiger partial charge in [0.2, 0.25) is 5.91 Å². The maximum Gasteiger partial charge on any atom is 0.243 e. The fourth-order valence-corrected chi connectivity index (χ4v) is 1.94. The van der Waals surface area contributed by atoms with Gasteiger partial charge in [0, 0.05) is 19.3 Å². The number of rotatable bonds is 8. The first-order valence-corrected chi connectivity index (χ1v) is 6.97. The average molecular weight is 352 g/mol. The molecule has 0 radical (unpaired) electrons. The van der Waals surface area contributed by atoms with Crippen molar-refractivity contribution in [2.24, 2.45) is 5.73 Å². The van der Waals surface area contributed by atoms with Gasteiger partial charge in [0.1, 0.15) is 6.04 Å². The van der Waals surface area contributed by atoms with Crippen LogP contribution in [0.3, 0.4) is 0 Å². The lowest BCUT2D eigenvalue weighted by molar-refractivity contribution is -0.118. The number of nitrogens with zero attached hydrogens (tertiary/aromatic N) is 1. The van der Waals surface area contributed by atoms with E-state index in [2.05, 4.69) is 30.1 Å². The number of ether oxygens (including phenoxy) is 1. The maximum atomic E-state index is 11.8. The summed E-state index contributed by atoms with van der Waals surface area (Å²) in [6, 6.07) is 7.20. The molecule has 128 valence electrons. The molecule has 0 aliphatic carbocycles. The summed E-state index contributed by atoms with van der Waals surface area (Å²) in [4.78, 5) is 14.1. The maximum absolute atomic E-state index is 11.8. The Hall–Kier alpha value is -0.850. The lowest BCUT2D eigenvalue weighted by Gasteiger charge is -2.18. The number of hydrogen-bond donors (Lipinski definition) is 2. The molecule has 0 bridgehead atoms. The van der Waals surface area contributed by atoms with Crippen molar-refractivity contribution in [3.63, 3.8) is 0 Å². The van der Waals surface area contributed by atoms with E-state index >= 15 is 0 Å². The van der Waals surface area contributed by atoms with Gasteiger partial charge >= 0.3 is 0 Å². The topological polar surface area (TPSA) is 67.6 Å². The Morgan fingerprint density at radius 1 is 1.32 bits per heavy atom. The van der Waals surface area contributed by atoms with Crippen LogP contribution in [0, 0.1) is 0 Å². The van der Waals surface area contributed by atoms with E-state index in [1.807, 2.05) is 18.2 Å². The highest BCUT2D eigenvalue weighted by Gasteiger charge is 2.13. The quantitative estimate of drug-likeness (QED) is 0.753. The monoisotopic (exact) mass is 351 g/mol. The number of benzene rings is 1.